The molecule has 7 heteroatoms. The number of nitrogens with one attached hydrogen (secondary N) is 1. The second-order valence-electron chi connectivity index (χ2n) is 5.96. The van der Waals surface area contributed by atoms with E-state index in [1.807, 2.05) is 44.1 Å². The minimum absolute atomic E-state index is 0.0690. The van der Waals surface area contributed by atoms with Crippen LogP contribution in [0, 0.1) is 6.92 Å². The molecule has 6 nitrogen and oxygen atoms in total. The highest BCUT2D eigenvalue weighted by atomic mass is 32.1. The Morgan fingerprint density at radius 3 is 2.60 bits per heavy atom. The fourth-order valence-electron chi connectivity index (χ4n) is 2.44. The van der Waals surface area contributed by atoms with E-state index in [1.54, 1.807) is 14.2 Å². The minimum Gasteiger partial charge on any atom is -0.493 e. The van der Waals surface area contributed by atoms with E-state index < -0.39 is 0 Å². The molecule has 0 atom stereocenters. The molecule has 1 aromatic heterocycles. The number of amides is 1. The molecule has 0 unspecified atom stereocenters. The first-order chi connectivity index (χ1) is 11.9. The highest BCUT2D eigenvalue weighted by molar-refractivity contribution is 7.13. The van der Waals surface area contributed by atoms with Crippen molar-refractivity contribution in [1.82, 2.24) is 15.2 Å². The maximum absolute atomic E-state index is 12.4. The predicted octanol–water partition coefficient (Wildman–Crippen LogP) is 2.50. The number of ether oxygens (including phenoxy) is 2. The number of benzene rings is 1. The summed E-state index contributed by atoms with van der Waals surface area (Å²) in [4.78, 5) is 19.6. The Morgan fingerprint density at radius 2 is 1.96 bits per heavy atom. The zero-order valence-electron chi connectivity index (χ0n) is 15.4. The first-order valence-electron chi connectivity index (χ1n) is 8.04. The van der Waals surface area contributed by atoms with E-state index in [-0.39, 0.29) is 5.91 Å². The van der Waals surface area contributed by atoms with Gasteiger partial charge in [-0.05, 0) is 45.1 Å². The van der Waals surface area contributed by atoms with E-state index in [2.05, 4.69) is 10.3 Å². The standard InChI is InChI=1S/C18H25N3O3S/c1-12-17(25-16(20-12)11-21(2)3)18(22)19-9-8-13-6-7-14(23-4)15(10-13)24-5/h6-7,10H,8-9,11H2,1-5H3,(H,19,22). The summed E-state index contributed by atoms with van der Waals surface area (Å²) >= 11 is 1.45. The maximum Gasteiger partial charge on any atom is 0.263 e. The highest BCUT2D eigenvalue weighted by Crippen LogP contribution is 2.27. The average molecular weight is 363 g/mol. The van der Waals surface area contributed by atoms with Crippen LogP contribution in [0.1, 0.15) is 25.9 Å². The van der Waals surface area contributed by atoms with E-state index in [4.69, 9.17) is 9.47 Å². The van der Waals surface area contributed by atoms with Gasteiger partial charge in [-0.25, -0.2) is 4.98 Å². The number of hydrogen-bond donors (Lipinski definition) is 1. The van der Waals surface area contributed by atoms with Crippen LogP contribution in [0.3, 0.4) is 0 Å². The monoisotopic (exact) mass is 363 g/mol. The normalized spacial score (nSPS) is 10.8. The summed E-state index contributed by atoms with van der Waals surface area (Å²) in [6.07, 6.45) is 0.717. The largest absolute Gasteiger partial charge is 0.493 e. The van der Waals surface area contributed by atoms with E-state index in [0.717, 1.165) is 22.8 Å². The van der Waals surface area contributed by atoms with Crippen molar-refractivity contribution in [3.63, 3.8) is 0 Å². The van der Waals surface area contributed by atoms with Crippen molar-refractivity contribution in [2.75, 3.05) is 34.9 Å². The van der Waals surface area contributed by atoms with Crippen LogP contribution in [0.15, 0.2) is 18.2 Å². The van der Waals surface area contributed by atoms with Crippen LogP contribution in [0.2, 0.25) is 0 Å². The zero-order chi connectivity index (χ0) is 18.4. The maximum atomic E-state index is 12.4. The Kier molecular flexibility index (Phi) is 6.78. The lowest BCUT2D eigenvalue weighted by Crippen LogP contribution is -2.25. The van der Waals surface area contributed by atoms with Gasteiger partial charge in [0, 0.05) is 13.1 Å². The Labute approximate surface area is 152 Å². The lowest BCUT2D eigenvalue weighted by molar-refractivity contribution is 0.0957. The van der Waals surface area contributed by atoms with Gasteiger partial charge in [0.1, 0.15) is 9.88 Å². The summed E-state index contributed by atoms with van der Waals surface area (Å²) in [6, 6.07) is 5.77. The minimum atomic E-state index is -0.0690. The molecule has 0 aliphatic rings. The van der Waals surface area contributed by atoms with Crippen molar-refractivity contribution in [2.45, 2.75) is 19.9 Å². The topological polar surface area (TPSA) is 63.7 Å². The number of aryl methyl sites for hydroxylation is 1. The van der Waals surface area contributed by atoms with Gasteiger partial charge in [0.25, 0.3) is 5.91 Å². The first-order valence-corrected chi connectivity index (χ1v) is 8.86. The third kappa shape index (κ3) is 5.17. The molecule has 1 aromatic carbocycles. The van der Waals surface area contributed by atoms with Crippen molar-refractivity contribution in [1.29, 1.82) is 0 Å². The molecule has 0 aliphatic carbocycles. The molecule has 0 radical (unpaired) electrons. The van der Waals surface area contributed by atoms with Gasteiger partial charge in [-0.1, -0.05) is 6.07 Å². The van der Waals surface area contributed by atoms with E-state index in [9.17, 15) is 4.79 Å². The number of thiazole rings is 1. The molecular weight excluding hydrogens is 338 g/mol. The van der Waals surface area contributed by atoms with Gasteiger partial charge < -0.3 is 19.7 Å². The Morgan fingerprint density at radius 1 is 1.24 bits per heavy atom. The molecule has 1 N–H and O–H groups in total. The van der Waals surface area contributed by atoms with Crippen LogP contribution in [0.25, 0.3) is 0 Å². The predicted molar refractivity (Wildman–Crippen MR) is 99.8 cm³/mol. The smallest absolute Gasteiger partial charge is 0.263 e. The summed E-state index contributed by atoms with van der Waals surface area (Å²) in [6.45, 7) is 3.16. The van der Waals surface area contributed by atoms with Gasteiger partial charge in [0.05, 0.1) is 19.9 Å². The molecule has 0 bridgehead atoms. The van der Waals surface area contributed by atoms with Gasteiger partial charge in [0.15, 0.2) is 11.5 Å². The summed E-state index contributed by atoms with van der Waals surface area (Å²) in [5.41, 5.74) is 1.86. The van der Waals surface area contributed by atoms with Crippen LogP contribution in [0.5, 0.6) is 11.5 Å². The van der Waals surface area contributed by atoms with Crippen molar-refractivity contribution < 1.29 is 14.3 Å². The number of carbonyl (C=O) groups excluding carboxylic acids is 1. The SMILES string of the molecule is COc1ccc(CCNC(=O)c2sc(CN(C)C)nc2C)cc1OC. The summed E-state index contributed by atoms with van der Waals surface area (Å²) in [5.74, 6) is 1.32. The van der Waals surface area contributed by atoms with Crippen molar-refractivity contribution in [2.24, 2.45) is 0 Å². The number of rotatable bonds is 8. The molecule has 1 heterocycles. The second-order valence-corrected chi connectivity index (χ2v) is 7.04. The van der Waals surface area contributed by atoms with Crippen LogP contribution in [-0.4, -0.2) is 50.7 Å². The Bertz CT molecular complexity index is 728. The molecule has 0 spiro atoms. The third-order valence-electron chi connectivity index (χ3n) is 3.65. The number of aromatic nitrogens is 1. The molecule has 0 saturated carbocycles. The van der Waals surface area contributed by atoms with Gasteiger partial charge in [-0.2, -0.15) is 0 Å². The third-order valence-corrected chi connectivity index (χ3v) is 4.79. The molecule has 25 heavy (non-hydrogen) atoms. The fraction of sp³-hybridized carbons (Fsp3) is 0.444. The number of methoxy groups -OCH3 is 2. The van der Waals surface area contributed by atoms with E-state index in [1.165, 1.54) is 11.3 Å². The molecule has 1 amide bonds. The number of nitrogens with zero attached hydrogens (tertiary/aromatic N) is 2. The van der Waals surface area contributed by atoms with Gasteiger partial charge in [-0.15, -0.1) is 11.3 Å². The fourth-order valence-corrected chi connectivity index (χ4v) is 3.54. The Balaban J connectivity index is 1.93. The van der Waals surface area contributed by atoms with Gasteiger partial charge >= 0.3 is 0 Å². The zero-order valence-corrected chi connectivity index (χ0v) is 16.2. The average Bonchev–Trinajstić information content (AvgIpc) is 2.94. The van der Waals surface area contributed by atoms with E-state index >= 15 is 0 Å². The van der Waals surface area contributed by atoms with Crippen LogP contribution in [-0.2, 0) is 13.0 Å². The highest BCUT2D eigenvalue weighted by Gasteiger charge is 2.15. The second kappa shape index (κ2) is 8.82. The van der Waals surface area contributed by atoms with Gasteiger partial charge in [-0.3, -0.25) is 4.79 Å². The summed E-state index contributed by atoms with van der Waals surface area (Å²) in [5, 5.41) is 3.92. The molecule has 0 aliphatic heterocycles. The first kappa shape index (κ1) is 19.2. The Hall–Kier alpha value is -2.12. The lowest BCUT2D eigenvalue weighted by atomic mass is 10.1. The van der Waals surface area contributed by atoms with Crippen molar-refractivity contribution in [3.8, 4) is 11.5 Å². The number of hydrogen-bond acceptors (Lipinski definition) is 6. The molecular formula is C18H25N3O3S. The van der Waals surface area contributed by atoms with Crippen LogP contribution < -0.4 is 14.8 Å². The summed E-state index contributed by atoms with van der Waals surface area (Å²) in [7, 11) is 7.19. The van der Waals surface area contributed by atoms with Crippen molar-refractivity contribution in [3.05, 3.63) is 39.3 Å². The van der Waals surface area contributed by atoms with Crippen molar-refractivity contribution >= 4 is 17.2 Å². The number of carbonyl (C=O) groups is 1. The lowest BCUT2D eigenvalue weighted by Gasteiger charge is -2.10. The van der Waals surface area contributed by atoms with Crippen LogP contribution in [0.4, 0.5) is 0 Å². The molecule has 0 fully saturated rings. The summed E-state index contributed by atoms with van der Waals surface area (Å²) < 4.78 is 10.5. The van der Waals surface area contributed by atoms with E-state index in [0.29, 0.717) is 29.3 Å². The quantitative estimate of drug-likeness (QED) is 0.781. The molecule has 2 rings (SSSR count). The molecule has 2 aromatic rings. The molecule has 0 saturated heterocycles. The molecule has 136 valence electrons. The van der Waals surface area contributed by atoms with Gasteiger partial charge in [0.2, 0.25) is 0 Å². The van der Waals surface area contributed by atoms with Crippen LogP contribution >= 0.6 is 11.3 Å².